The first-order valence-corrected chi connectivity index (χ1v) is 3.84. The summed E-state index contributed by atoms with van der Waals surface area (Å²) in [7, 11) is 0. The van der Waals surface area contributed by atoms with Crippen LogP contribution in [0.2, 0.25) is 0 Å². The Bertz CT molecular complexity index is 261. The highest BCUT2D eigenvalue weighted by atomic mass is 16.6. The summed E-state index contributed by atoms with van der Waals surface area (Å²) in [4.78, 5) is 4.43. The molecule has 1 aromatic carbocycles. The average Bonchev–Trinajstić information content (AvgIpc) is 2.07. The summed E-state index contributed by atoms with van der Waals surface area (Å²) in [5.41, 5.74) is 2.00. The highest BCUT2D eigenvalue weighted by Gasteiger charge is 1.99. The maximum atomic E-state index is 9.37. The van der Waals surface area contributed by atoms with Crippen LogP contribution in [0.1, 0.15) is 11.1 Å². The number of nitrogens with two attached hydrogens (primary N) is 1. The second kappa shape index (κ2) is 4.09. The van der Waals surface area contributed by atoms with Gasteiger partial charge in [0.15, 0.2) is 0 Å². The molecule has 3 nitrogen and oxygen atoms in total. The quantitative estimate of drug-likeness (QED) is 0.663. The van der Waals surface area contributed by atoms with Crippen molar-refractivity contribution in [2.75, 3.05) is 6.61 Å². The monoisotopic (exact) mass is 167 g/mol. The molecule has 0 saturated heterocycles. The van der Waals surface area contributed by atoms with E-state index in [9.17, 15) is 5.11 Å². The van der Waals surface area contributed by atoms with E-state index in [4.69, 9.17) is 5.90 Å². The Morgan fingerprint density at radius 2 is 2.25 bits per heavy atom. The number of hydrogen-bond acceptors (Lipinski definition) is 3. The number of aryl methyl sites for hydroxylation is 1. The van der Waals surface area contributed by atoms with Crippen LogP contribution in [0.3, 0.4) is 0 Å². The fourth-order valence-corrected chi connectivity index (χ4v) is 1.08. The van der Waals surface area contributed by atoms with E-state index in [1.165, 1.54) is 0 Å². The van der Waals surface area contributed by atoms with E-state index in [0.717, 1.165) is 11.1 Å². The highest BCUT2D eigenvalue weighted by molar-refractivity contribution is 5.35. The van der Waals surface area contributed by atoms with Crippen molar-refractivity contribution in [1.29, 1.82) is 0 Å². The standard InChI is InChI=1S/C9H13NO2/c1-7-2-3-9(11)8(6-7)4-5-12-10/h2-3,6,11H,4-5,10H2,1H3. The minimum absolute atomic E-state index is 0.303. The van der Waals surface area contributed by atoms with Crippen molar-refractivity contribution >= 4 is 0 Å². The smallest absolute Gasteiger partial charge is 0.118 e. The first kappa shape index (κ1) is 9.03. The lowest BCUT2D eigenvalue weighted by Gasteiger charge is -2.04. The summed E-state index contributed by atoms with van der Waals surface area (Å²) < 4.78 is 0. The predicted molar refractivity (Wildman–Crippen MR) is 46.7 cm³/mol. The molecule has 12 heavy (non-hydrogen) atoms. The molecular formula is C9H13NO2. The molecular weight excluding hydrogens is 154 g/mol. The van der Waals surface area contributed by atoms with E-state index in [1.807, 2.05) is 19.1 Å². The number of phenols is 1. The molecule has 3 heteroatoms. The van der Waals surface area contributed by atoms with Crippen molar-refractivity contribution in [3.8, 4) is 5.75 Å². The van der Waals surface area contributed by atoms with E-state index in [0.29, 0.717) is 18.8 Å². The molecule has 0 saturated carbocycles. The Labute approximate surface area is 71.7 Å². The van der Waals surface area contributed by atoms with Gasteiger partial charge >= 0.3 is 0 Å². The summed E-state index contributed by atoms with van der Waals surface area (Å²) in [6, 6.07) is 5.47. The fraction of sp³-hybridized carbons (Fsp3) is 0.333. The van der Waals surface area contributed by atoms with Gasteiger partial charge in [0, 0.05) is 6.42 Å². The van der Waals surface area contributed by atoms with Gasteiger partial charge in [0.1, 0.15) is 5.75 Å². The third-order valence-corrected chi connectivity index (χ3v) is 1.72. The van der Waals surface area contributed by atoms with Crippen LogP contribution in [0.5, 0.6) is 5.75 Å². The molecule has 0 atom stereocenters. The zero-order chi connectivity index (χ0) is 8.97. The number of benzene rings is 1. The van der Waals surface area contributed by atoms with Gasteiger partial charge in [-0.15, -0.1) is 0 Å². The van der Waals surface area contributed by atoms with Crippen molar-refractivity contribution in [1.82, 2.24) is 0 Å². The third kappa shape index (κ3) is 2.22. The van der Waals surface area contributed by atoms with E-state index >= 15 is 0 Å². The lowest BCUT2D eigenvalue weighted by Crippen LogP contribution is -2.03. The molecule has 0 unspecified atom stereocenters. The second-order valence-corrected chi connectivity index (χ2v) is 2.75. The van der Waals surface area contributed by atoms with Gasteiger partial charge in [0.05, 0.1) is 6.61 Å². The van der Waals surface area contributed by atoms with Crippen LogP contribution in [0.25, 0.3) is 0 Å². The number of hydrogen-bond donors (Lipinski definition) is 2. The predicted octanol–water partition coefficient (Wildman–Crippen LogP) is 1.13. The van der Waals surface area contributed by atoms with Crippen LogP contribution >= 0.6 is 0 Å². The Kier molecular flexibility index (Phi) is 3.08. The van der Waals surface area contributed by atoms with Crippen LogP contribution in [0, 0.1) is 6.92 Å². The minimum atomic E-state index is 0.303. The third-order valence-electron chi connectivity index (χ3n) is 1.72. The first-order valence-electron chi connectivity index (χ1n) is 3.84. The highest BCUT2D eigenvalue weighted by Crippen LogP contribution is 2.18. The zero-order valence-corrected chi connectivity index (χ0v) is 7.08. The van der Waals surface area contributed by atoms with Crippen LogP contribution < -0.4 is 5.90 Å². The van der Waals surface area contributed by atoms with Gasteiger partial charge in [0.2, 0.25) is 0 Å². The molecule has 0 amide bonds. The molecule has 0 aliphatic carbocycles. The van der Waals surface area contributed by atoms with Gasteiger partial charge in [-0.3, -0.25) is 0 Å². The molecule has 0 aliphatic heterocycles. The summed E-state index contributed by atoms with van der Waals surface area (Å²) >= 11 is 0. The van der Waals surface area contributed by atoms with Gasteiger partial charge in [-0.2, -0.15) is 0 Å². The summed E-state index contributed by atoms with van der Waals surface area (Å²) in [5.74, 6) is 5.19. The first-order chi connectivity index (χ1) is 5.74. The average molecular weight is 167 g/mol. The number of rotatable bonds is 3. The molecule has 0 radical (unpaired) electrons. The molecule has 0 bridgehead atoms. The molecule has 3 N–H and O–H groups in total. The number of aromatic hydroxyl groups is 1. The van der Waals surface area contributed by atoms with E-state index in [2.05, 4.69) is 4.84 Å². The van der Waals surface area contributed by atoms with Gasteiger partial charge in [-0.25, -0.2) is 5.90 Å². The molecule has 66 valence electrons. The molecule has 0 aliphatic rings. The lowest BCUT2D eigenvalue weighted by molar-refractivity contribution is 0.140. The summed E-state index contributed by atoms with van der Waals surface area (Å²) in [6.07, 6.45) is 0.643. The van der Waals surface area contributed by atoms with Crippen LogP contribution in [-0.4, -0.2) is 11.7 Å². The summed E-state index contributed by atoms with van der Waals surface area (Å²) in [5, 5.41) is 9.37. The van der Waals surface area contributed by atoms with E-state index in [-0.39, 0.29) is 0 Å². The maximum absolute atomic E-state index is 9.37. The van der Waals surface area contributed by atoms with E-state index < -0.39 is 0 Å². The van der Waals surface area contributed by atoms with Crippen molar-refractivity contribution in [3.05, 3.63) is 29.3 Å². The Balaban J connectivity index is 2.75. The Morgan fingerprint density at radius 3 is 2.92 bits per heavy atom. The Morgan fingerprint density at radius 1 is 1.50 bits per heavy atom. The normalized spacial score (nSPS) is 10.2. The van der Waals surface area contributed by atoms with Crippen molar-refractivity contribution in [3.63, 3.8) is 0 Å². The topological polar surface area (TPSA) is 55.5 Å². The van der Waals surface area contributed by atoms with Crippen molar-refractivity contribution in [2.45, 2.75) is 13.3 Å². The zero-order valence-electron chi connectivity index (χ0n) is 7.08. The molecule has 0 spiro atoms. The van der Waals surface area contributed by atoms with Crippen LogP contribution in [0.4, 0.5) is 0 Å². The SMILES string of the molecule is Cc1ccc(O)c(CCON)c1. The maximum Gasteiger partial charge on any atom is 0.118 e. The molecule has 0 heterocycles. The van der Waals surface area contributed by atoms with Crippen molar-refractivity contribution in [2.24, 2.45) is 5.90 Å². The van der Waals surface area contributed by atoms with Gasteiger partial charge in [-0.1, -0.05) is 17.7 Å². The summed E-state index contributed by atoms with van der Waals surface area (Å²) in [6.45, 7) is 2.41. The van der Waals surface area contributed by atoms with E-state index in [1.54, 1.807) is 6.07 Å². The van der Waals surface area contributed by atoms with Gasteiger partial charge in [0.25, 0.3) is 0 Å². The van der Waals surface area contributed by atoms with Crippen molar-refractivity contribution < 1.29 is 9.94 Å². The van der Waals surface area contributed by atoms with Crippen LogP contribution in [0.15, 0.2) is 18.2 Å². The molecule has 1 aromatic rings. The number of phenolic OH excluding ortho intramolecular Hbond substituents is 1. The minimum Gasteiger partial charge on any atom is -0.508 e. The van der Waals surface area contributed by atoms with Crippen LogP contribution in [-0.2, 0) is 11.3 Å². The molecule has 0 fully saturated rings. The molecule has 0 aromatic heterocycles. The molecule has 1 rings (SSSR count). The second-order valence-electron chi connectivity index (χ2n) is 2.75. The fourth-order valence-electron chi connectivity index (χ4n) is 1.08. The Hall–Kier alpha value is -1.06. The lowest BCUT2D eigenvalue weighted by atomic mass is 10.1. The van der Waals surface area contributed by atoms with Gasteiger partial charge in [-0.05, 0) is 18.6 Å². The van der Waals surface area contributed by atoms with Gasteiger partial charge < -0.3 is 9.94 Å². The largest absolute Gasteiger partial charge is 0.508 e.